The number of halogens is 2. The summed E-state index contributed by atoms with van der Waals surface area (Å²) in [5.41, 5.74) is 0.700. The first kappa shape index (κ1) is 41.5. The van der Waals surface area contributed by atoms with Crippen LogP contribution in [-0.4, -0.2) is 87.2 Å². The molecule has 2 aromatic carbocycles. The van der Waals surface area contributed by atoms with E-state index in [0.29, 0.717) is 66.4 Å². The van der Waals surface area contributed by atoms with Crippen molar-refractivity contribution in [2.24, 2.45) is 5.41 Å². The van der Waals surface area contributed by atoms with Crippen molar-refractivity contribution < 1.29 is 28.2 Å². The second-order valence-corrected chi connectivity index (χ2v) is 17.6. The van der Waals surface area contributed by atoms with E-state index in [0.717, 1.165) is 57.8 Å². The van der Waals surface area contributed by atoms with Gasteiger partial charge in [0.15, 0.2) is 5.82 Å². The van der Waals surface area contributed by atoms with Gasteiger partial charge in [-0.3, -0.25) is 14.6 Å². The molecule has 4 aromatic rings. The topological polar surface area (TPSA) is 133 Å². The quantitative estimate of drug-likeness (QED) is 0.102. The Hall–Kier alpha value is -4.65. The van der Waals surface area contributed by atoms with E-state index >= 15 is 8.78 Å². The average molecular weight is 800 g/mol. The molecule has 11 nitrogen and oxygen atoms in total. The largest absolute Gasteiger partial charge is 0.508 e. The molecule has 0 saturated carbocycles. The van der Waals surface area contributed by atoms with E-state index in [1.807, 2.05) is 18.7 Å². The molecule has 3 saturated heterocycles. The molecule has 3 N–H and O–H groups in total. The zero-order chi connectivity index (χ0) is 41.1. The highest BCUT2D eigenvalue weighted by molar-refractivity contribution is 6.01. The minimum absolute atomic E-state index is 0.0198. The average Bonchev–Trinajstić information content (AvgIpc) is 3.81. The van der Waals surface area contributed by atoms with Crippen LogP contribution < -0.4 is 20.3 Å². The maximum Gasteiger partial charge on any atom is 0.319 e. The number of aryl methyl sites for hydroxylation is 1. The second-order valence-electron chi connectivity index (χ2n) is 17.6. The van der Waals surface area contributed by atoms with Crippen molar-refractivity contribution in [1.82, 2.24) is 30.5 Å². The Balaban J connectivity index is 1.05. The Morgan fingerprint density at radius 1 is 1.02 bits per heavy atom. The fourth-order valence-electron chi connectivity index (χ4n) is 8.79. The Bertz CT molecular complexity index is 2130. The molecule has 7 rings (SSSR count). The number of aromatic hydroxyl groups is 1. The molecule has 4 atom stereocenters. The first-order valence-electron chi connectivity index (χ1n) is 21.3. The summed E-state index contributed by atoms with van der Waals surface area (Å²) in [7, 11) is 0. The van der Waals surface area contributed by atoms with Crippen molar-refractivity contribution >= 4 is 39.3 Å². The standard InChI is InChI=1S/C45H59F2N7O4/c1-6-33-36(46)19-16-28-21-32(55)22-34(39(28)33)41-40(47)42-35(23-48-41)43(53-24-29-17-18-30(25-53)50-29)52-44(51-42)58-26-31-13-12-20-54(31)38(57)15-11-9-7-8-10-14-37(56)49-27(2)45(3,4)5/h16,19,21-23,27,29-31,50,55H,6-15,17-18,20,24-26H2,1-5H3,(H,49,56)/t27?,29?,30?,31-/m0/s1. The zero-order valence-electron chi connectivity index (χ0n) is 34.7. The molecule has 2 aromatic heterocycles. The first-order valence-corrected chi connectivity index (χ1v) is 21.3. The predicted molar refractivity (Wildman–Crippen MR) is 223 cm³/mol. The van der Waals surface area contributed by atoms with Crippen LogP contribution in [0.1, 0.15) is 111 Å². The Morgan fingerprint density at radius 3 is 2.47 bits per heavy atom. The number of piperazine rings is 1. The Morgan fingerprint density at radius 2 is 1.74 bits per heavy atom. The molecule has 0 spiro atoms. The molecule has 3 unspecified atom stereocenters. The molecular weight excluding hydrogens is 741 g/mol. The Kier molecular flexibility index (Phi) is 12.7. The van der Waals surface area contributed by atoms with Crippen LogP contribution in [0.5, 0.6) is 11.8 Å². The van der Waals surface area contributed by atoms with Gasteiger partial charge in [0.2, 0.25) is 11.8 Å². The lowest BCUT2D eigenvalue weighted by atomic mass is 9.88. The van der Waals surface area contributed by atoms with Crippen LogP contribution in [-0.2, 0) is 16.0 Å². The van der Waals surface area contributed by atoms with Crippen LogP contribution in [0.4, 0.5) is 14.6 Å². The van der Waals surface area contributed by atoms with Gasteiger partial charge in [0.1, 0.15) is 35.2 Å². The van der Waals surface area contributed by atoms with Crippen molar-refractivity contribution in [3.63, 3.8) is 0 Å². The summed E-state index contributed by atoms with van der Waals surface area (Å²) < 4.78 is 38.4. The fraction of sp³-hybridized carbons (Fsp3) is 0.578. The zero-order valence-corrected chi connectivity index (χ0v) is 34.7. The number of pyridine rings is 1. The van der Waals surface area contributed by atoms with E-state index < -0.39 is 11.6 Å². The summed E-state index contributed by atoms with van der Waals surface area (Å²) >= 11 is 0. The number of ether oxygens (including phenoxy) is 1. The maximum atomic E-state index is 17.0. The number of carbonyl (C=O) groups excluding carboxylic acids is 2. The minimum Gasteiger partial charge on any atom is -0.508 e. The normalized spacial score (nSPS) is 19.9. The number of phenols is 1. The summed E-state index contributed by atoms with van der Waals surface area (Å²) in [5.74, 6) is -0.468. The van der Waals surface area contributed by atoms with Gasteiger partial charge in [-0.1, -0.05) is 53.0 Å². The van der Waals surface area contributed by atoms with Crippen molar-refractivity contribution in [3.05, 3.63) is 47.7 Å². The monoisotopic (exact) mass is 799 g/mol. The van der Waals surface area contributed by atoms with Crippen LogP contribution in [0.2, 0.25) is 0 Å². The summed E-state index contributed by atoms with van der Waals surface area (Å²) in [6, 6.07) is 6.46. The third-order valence-corrected chi connectivity index (χ3v) is 12.5. The molecule has 0 radical (unpaired) electrons. The van der Waals surface area contributed by atoms with Crippen molar-refractivity contribution in [2.75, 3.05) is 31.1 Å². The number of aromatic nitrogens is 3. The van der Waals surface area contributed by atoms with Gasteiger partial charge in [-0.15, -0.1) is 0 Å². The van der Waals surface area contributed by atoms with Gasteiger partial charge in [0.25, 0.3) is 0 Å². The van der Waals surface area contributed by atoms with E-state index in [1.165, 1.54) is 12.1 Å². The van der Waals surface area contributed by atoms with Crippen LogP contribution in [0, 0.1) is 17.0 Å². The number of phenolic OH excluding ortho intramolecular Hbond substituents is 1. The second kappa shape index (κ2) is 17.7. The van der Waals surface area contributed by atoms with Gasteiger partial charge in [0.05, 0.1) is 11.4 Å². The van der Waals surface area contributed by atoms with Gasteiger partial charge in [-0.2, -0.15) is 9.97 Å². The van der Waals surface area contributed by atoms with Crippen LogP contribution in [0.25, 0.3) is 32.9 Å². The number of anilines is 1. The number of likely N-dealkylation sites (tertiary alicyclic amines) is 1. The molecule has 3 aliphatic heterocycles. The lowest BCUT2D eigenvalue weighted by Gasteiger charge is -2.34. The number of rotatable bonds is 15. The highest BCUT2D eigenvalue weighted by atomic mass is 19.1. The molecule has 3 fully saturated rings. The van der Waals surface area contributed by atoms with Gasteiger partial charge in [-0.05, 0) is 91.8 Å². The lowest BCUT2D eigenvalue weighted by Crippen LogP contribution is -2.51. The van der Waals surface area contributed by atoms with Crippen molar-refractivity contribution in [2.45, 2.75) is 136 Å². The fourth-order valence-corrected chi connectivity index (χ4v) is 8.79. The summed E-state index contributed by atoms with van der Waals surface area (Å²) in [4.78, 5) is 43.8. The highest BCUT2D eigenvalue weighted by Crippen LogP contribution is 2.39. The summed E-state index contributed by atoms with van der Waals surface area (Å²) in [5, 5.41) is 18.9. The van der Waals surface area contributed by atoms with Crippen molar-refractivity contribution in [3.8, 4) is 23.0 Å². The molecule has 0 aliphatic carbocycles. The molecular formula is C45H59F2N7O4. The van der Waals surface area contributed by atoms with Gasteiger partial charge < -0.3 is 30.3 Å². The van der Waals surface area contributed by atoms with Gasteiger partial charge >= 0.3 is 6.01 Å². The van der Waals surface area contributed by atoms with E-state index in [2.05, 4.69) is 46.3 Å². The Labute approximate surface area is 340 Å². The smallest absolute Gasteiger partial charge is 0.319 e. The number of carbonyl (C=O) groups is 2. The number of hydrogen-bond donors (Lipinski definition) is 3. The van der Waals surface area contributed by atoms with E-state index in [4.69, 9.17) is 9.72 Å². The lowest BCUT2D eigenvalue weighted by molar-refractivity contribution is -0.132. The van der Waals surface area contributed by atoms with E-state index in [9.17, 15) is 14.7 Å². The predicted octanol–water partition coefficient (Wildman–Crippen LogP) is 7.98. The number of nitrogens with zero attached hydrogens (tertiary/aromatic N) is 5. The molecule has 5 heterocycles. The van der Waals surface area contributed by atoms with E-state index in [1.54, 1.807) is 18.3 Å². The SMILES string of the molecule is CCc1c(F)ccc2cc(O)cc(-c3ncc4c(N5CC6CCC(C5)N6)nc(OC[C@@H]5CCCN5C(=O)CCCCCCCC(=O)NC(C)C(C)(C)C)nc4c3F)c12. The number of amides is 2. The minimum atomic E-state index is -0.710. The summed E-state index contributed by atoms with van der Waals surface area (Å²) in [6.45, 7) is 12.5. The highest BCUT2D eigenvalue weighted by Gasteiger charge is 2.35. The van der Waals surface area contributed by atoms with Crippen LogP contribution in [0.15, 0.2) is 30.5 Å². The number of unbranched alkanes of at least 4 members (excludes halogenated alkanes) is 4. The molecule has 13 heteroatoms. The summed E-state index contributed by atoms with van der Waals surface area (Å²) in [6.07, 6.45) is 11.1. The first-order chi connectivity index (χ1) is 27.8. The van der Waals surface area contributed by atoms with Gasteiger partial charge in [-0.25, -0.2) is 8.78 Å². The van der Waals surface area contributed by atoms with Crippen LogP contribution in [0.3, 0.4) is 0 Å². The van der Waals surface area contributed by atoms with Crippen molar-refractivity contribution in [1.29, 1.82) is 0 Å². The van der Waals surface area contributed by atoms with Crippen LogP contribution >= 0.6 is 0 Å². The third kappa shape index (κ3) is 9.14. The number of fused-ring (bicyclic) bond motifs is 4. The van der Waals surface area contributed by atoms with E-state index in [-0.39, 0.29) is 76.5 Å². The molecule has 312 valence electrons. The third-order valence-electron chi connectivity index (χ3n) is 12.5. The number of nitrogens with one attached hydrogen (secondary N) is 2. The molecule has 2 amide bonds. The number of hydrogen-bond acceptors (Lipinski definition) is 9. The maximum absolute atomic E-state index is 17.0. The molecule has 58 heavy (non-hydrogen) atoms. The number of benzene rings is 2. The van der Waals surface area contributed by atoms with Gasteiger partial charge in [0, 0.05) is 62.4 Å². The molecule has 3 aliphatic rings. The molecule has 2 bridgehead atoms.